The monoisotopic (exact) mass is 301 g/mol. The SMILES string of the molecule is COc1ccc2c(ccn2CC(=O)N2CCC[C@@H]2C(N)=O)c1. The van der Waals surface area contributed by atoms with Gasteiger partial charge in [-0.3, -0.25) is 9.59 Å². The number of carbonyl (C=O) groups is 2. The third-order valence-electron chi connectivity index (χ3n) is 4.19. The van der Waals surface area contributed by atoms with Crippen molar-refractivity contribution < 1.29 is 14.3 Å². The third kappa shape index (κ3) is 2.52. The molecule has 1 fully saturated rings. The molecule has 1 aliphatic rings. The van der Waals surface area contributed by atoms with E-state index in [1.807, 2.05) is 35.0 Å². The predicted octanol–water partition coefficient (Wildman–Crippen LogP) is 1.13. The number of nitrogens with zero attached hydrogens (tertiary/aromatic N) is 2. The van der Waals surface area contributed by atoms with Crippen LogP contribution in [0.25, 0.3) is 10.9 Å². The van der Waals surface area contributed by atoms with Gasteiger partial charge in [-0.1, -0.05) is 0 Å². The molecule has 2 amide bonds. The van der Waals surface area contributed by atoms with Crippen LogP contribution in [0.3, 0.4) is 0 Å². The maximum Gasteiger partial charge on any atom is 0.243 e. The number of ether oxygens (including phenoxy) is 1. The lowest BCUT2D eigenvalue weighted by molar-refractivity contribution is -0.137. The van der Waals surface area contributed by atoms with E-state index in [2.05, 4.69) is 0 Å². The van der Waals surface area contributed by atoms with Crippen LogP contribution in [-0.4, -0.2) is 41.0 Å². The summed E-state index contributed by atoms with van der Waals surface area (Å²) in [6.07, 6.45) is 3.35. The minimum Gasteiger partial charge on any atom is -0.497 e. The second kappa shape index (κ2) is 5.71. The first-order valence-electron chi connectivity index (χ1n) is 7.32. The van der Waals surface area contributed by atoms with Gasteiger partial charge in [-0.05, 0) is 37.1 Å². The Morgan fingerprint density at radius 3 is 2.91 bits per heavy atom. The van der Waals surface area contributed by atoms with E-state index >= 15 is 0 Å². The van der Waals surface area contributed by atoms with Crippen molar-refractivity contribution in [2.24, 2.45) is 5.73 Å². The van der Waals surface area contributed by atoms with Crippen LogP contribution in [0.2, 0.25) is 0 Å². The Kier molecular flexibility index (Phi) is 3.75. The zero-order chi connectivity index (χ0) is 15.7. The molecular weight excluding hydrogens is 282 g/mol. The van der Waals surface area contributed by atoms with Crippen LogP contribution in [0.5, 0.6) is 5.75 Å². The molecule has 1 saturated heterocycles. The Hall–Kier alpha value is -2.50. The molecule has 0 bridgehead atoms. The van der Waals surface area contributed by atoms with Crippen LogP contribution in [0.4, 0.5) is 0 Å². The van der Waals surface area contributed by atoms with Gasteiger partial charge >= 0.3 is 0 Å². The fourth-order valence-corrected chi connectivity index (χ4v) is 3.04. The molecule has 116 valence electrons. The van der Waals surface area contributed by atoms with Crippen molar-refractivity contribution in [2.45, 2.75) is 25.4 Å². The highest BCUT2D eigenvalue weighted by atomic mass is 16.5. The van der Waals surface area contributed by atoms with E-state index in [0.717, 1.165) is 23.1 Å². The maximum atomic E-state index is 12.5. The van der Waals surface area contributed by atoms with Crippen molar-refractivity contribution in [1.82, 2.24) is 9.47 Å². The van der Waals surface area contributed by atoms with Crippen molar-refractivity contribution >= 4 is 22.7 Å². The Labute approximate surface area is 128 Å². The summed E-state index contributed by atoms with van der Waals surface area (Å²) in [4.78, 5) is 25.5. The van der Waals surface area contributed by atoms with Crippen LogP contribution < -0.4 is 10.5 Å². The van der Waals surface area contributed by atoms with E-state index < -0.39 is 11.9 Å². The van der Waals surface area contributed by atoms with Gasteiger partial charge in [0, 0.05) is 23.6 Å². The van der Waals surface area contributed by atoms with E-state index in [1.54, 1.807) is 12.0 Å². The number of hydrogen-bond donors (Lipinski definition) is 1. The molecule has 6 nitrogen and oxygen atoms in total. The van der Waals surface area contributed by atoms with Crippen LogP contribution in [0.15, 0.2) is 30.5 Å². The van der Waals surface area contributed by atoms with Crippen molar-refractivity contribution in [1.29, 1.82) is 0 Å². The van der Waals surface area contributed by atoms with Gasteiger partial charge in [0.05, 0.1) is 7.11 Å². The maximum absolute atomic E-state index is 12.5. The van der Waals surface area contributed by atoms with E-state index in [4.69, 9.17) is 10.5 Å². The highest BCUT2D eigenvalue weighted by Gasteiger charge is 2.32. The lowest BCUT2D eigenvalue weighted by Gasteiger charge is -2.22. The highest BCUT2D eigenvalue weighted by molar-refractivity contribution is 5.88. The zero-order valence-corrected chi connectivity index (χ0v) is 12.5. The first-order chi connectivity index (χ1) is 10.6. The number of primary amides is 1. The van der Waals surface area contributed by atoms with Crippen LogP contribution >= 0.6 is 0 Å². The van der Waals surface area contributed by atoms with Crippen molar-refractivity contribution in [2.75, 3.05) is 13.7 Å². The van der Waals surface area contributed by atoms with Gasteiger partial charge in [-0.2, -0.15) is 0 Å². The molecule has 1 aromatic heterocycles. The smallest absolute Gasteiger partial charge is 0.243 e. The van der Waals surface area contributed by atoms with Crippen LogP contribution in [0, 0.1) is 0 Å². The molecule has 22 heavy (non-hydrogen) atoms. The molecule has 1 aliphatic heterocycles. The number of rotatable bonds is 4. The van der Waals surface area contributed by atoms with E-state index in [1.165, 1.54) is 0 Å². The molecule has 0 radical (unpaired) electrons. The van der Waals surface area contributed by atoms with Gasteiger partial charge in [0.1, 0.15) is 18.3 Å². The Morgan fingerprint density at radius 2 is 2.18 bits per heavy atom. The summed E-state index contributed by atoms with van der Waals surface area (Å²) >= 11 is 0. The summed E-state index contributed by atoms with van der Waals surface area (Å²) in [5.41, 5.74) is 6.33. The molecule has 2 N–H and O–H groups in total. The molecule has 0 saturated carbocycles. The predicted molar refractivity (Wildman–Crippen MR) is 82.4 cm³/mol. The number of benzene rings is 1. The van der Waals surface area contributed by atoms with Gasteiger partial charge in [0.25, 0.3) is 0 Å². The first kappa shape index (κ1) is 14.4. The molecule has 1 atom stereocenters. The Balaban J connectivity index is 1.81. The quantitative estimate of drug-likeness (QED) is 0.919. The summed E-state index contributed by atoms with van der Waals surface area (Å²) in [6, 6.07) is 7.20. The summed E-state index contributed by atoms with van der Waals surface area (Å²) in [7, 11) is 1.62. The number of amides is 2. The first-order valence-corrected chi connectivity index (χ1v) is 7.32. The number of carbonyl (C=O) groups excluding carboxylic acids is 2. The number of hydrogen-bond acceptors (Lipinski definition) is 3. The van der Waals surface area contributed by atoms with Gasteiger partial charge in [0.15, 0.2) is 0 Å². The lowest BCUT2D eigenvalue weighted by atomic mass is 10.2. The van der Waals surface area contributed by atoms with Gasteiger partial charge in [-0.15, -0.1) is 0 Å². The molecule has 0 aliphatic carbocycles. The zero-order valence-electron chi connectivity index (χ0n) is 12.5. The van der Waals surface area contributed by atoms with E-state index in [9.17, 15) is 9.59 Å². The molecule has 3 rings (SSSR count). The second-order valence-electron chi connectivity index (χ2n) is 5.52. The standard InChI is InChI=1S/C16H19N3O3/c1-22-12-4-5-13-11(9-12)6-8-18(13)10-15(20)19-7-2-3-14(19)16(17)21/h4-6,8-9,14H,2-3,7,10H2,1H3,(H2,17,21)/t14-/m1/s1. The van der Waals surface area contributed by atoms with Crippen molar-refractivity contribution in [3.8, 4) is 5.75 Å². The fraction of sp³-hybridized carbons (Fsp3) is 0.375. The number of nitrogens with two attached hydrogens (primary N) is 1. The van der Waals surface area contributed by atoms with Gasteiger partial charge in [0.2, 0.25) is 11.8 Å². The summed E-state index contributed by atoms with van der Waals surface area (Å²) < 4.78 is 7.08. The summed E-state index contributed by atoms with van der Waals surface area (Å²) in [5.74, 6) is 0.285. The average Bonchev–Trinajstić information content (AvgIpc) is 3.14. The molecule has 2 aromatic rings. The van der Waals surface area contributed by atoms with Gasteiger partial charge < -0.3 is 19.9 Å². The van der Waals surface area contributed by atoms with Crippen molar-refractivity contribution in [3.05, 3.63) is 30.5 Å². The molecule has 2 heterocycles. The number of aromatic nitrogens is 1. The Morgan fingerprint density at radius 1 is 1.36 bits per heavy atom. The minimum absolute atomic E-state index is 0.0744. The van der Waals surface area contributed by atoms with E-state index in [-0.39, 0.29) is 12.5 Å². The summed E-state index contributed by atoms with van der Waals surface area (Å²) in [5, 5.41) is 1.01. The molecule has 6 heteroatoms. The fourth-order valence-electron chi connectivity index (χ4n) is 3.04. The highest BCUT2D eigenvalue weighted by Crippen LogP contribution is 2.23. The summed E-state index contributed by atoms with van der Waals surface area (Å²) in [6.45, 7) is 0.805. The van der Waals surface area contributed by atoms with Crippen molar-refractivity contribution in [3.63, 3.8) is 0 Å². The molecule has 0 unspecified atom stereocenters. The minimum atomic E-state index is -0.463. The largest absolute Gasteiger partial charge is 0.497 e. The number of fused-ring (bicyclic) bond motifs is 1. The van der Waals surface area contributed by atoms with E-state index in [0.29, 0.717) is 13.0 Å². The van der Waals surface area contributed by atoms with Crippen LogP contribution in [-0.2, 0) is 16.1 Å². The number of likely N-dealkylation sites (tertiary alicyclic amines) is 1. The van der Waals surface area contributed by atoms with Gasteiger partial charge in [-0.25, -0.2) is 0 Å². The normalized spacial score (nSPS) is 17.9. The second-order valence-corrected chi connectivity index (χ2v) is 5.52. The third-order valence-corrected chi connectivity index (χ3v) is 4.19. The van der Waals surface area contributed by atoms with Crippen LogP contribution in [0.1, 0.15) is 12.8 Å². The molecule has 1 aromatic carbocycles. The molecular formula is C16H19N3O3. The average molecular weight is 301 g/mol. The number of methoxy groups -OCH3 is 1. The Bertz CT molecular complexity index is 722. The molecule has 0 spiro atoms. The topological polar surface area (TPSA) is 77.6 Å². The lowest BCUT2D eigenvalue weighted by Crippen LogP contribution is -2.44.